The monoisotopic (exact) mass is 407 g/mol. The molecule has 4 nitrogen and oxygen atoms in total. The van der Waals surface area contributed by atoms with Crippen molar-refractivity contribution in [3.8, 4) is 6.07 Å². The second-order valence-corrected chi connectivity index (χ2v) is 8.39. The predicted molar refractivity (Wildman–Crippen MR) is 117 cm³/mol. The zero-order chi connectivity index (χ0) is 20.4. The van der Waals surface area contributed by atoms with Gasteiger partial charge in [0.05, 0.1) is 10.6 Å². The fourth-order valence-corrected chi connectivity index (χ4v) is 4.93. The third kappa shape index (κ3) is 3.97. The number of carbonyl (C=O) groups excluding carboxylic acids is 1. The van der Waals surface area contributed by atoms with Gasteiger partial charge in [-0.3, -0.25) is 4.79 Å². The van der Waals surface area contributed by atoms with Crippen molar-refractivity contribution in [3.05, 3.63) is 63.7 Å². The van der Waals surface area contributed by atoms with Crippen molar-refractivity contribution in [1.29, 1.82) is 5.26 Å². The number of halogens is 1. The third-order valence-corrected chi connectivity index (χ3v) is 6.78. The summed E-state index contributed by atoms with van der Waals surface area (Å²) in [6.45, 7) is 3.07. The van der Waals surface area contributed by atoms with E-state index in [4.69, 9.17) is 11.6 Å². The van der Waals surface area contributed by atoms with Crippen LogP contribution in [0.15, 0.2) is 36.4 Å². The van der Waals surface area contributed by atoms with E-state index < -0.39 is 0 Å². The summed E-state index contributed by atoms with van der Waals surface area (Å²) in [6.07, 6.45) is 5.95. The molecule has 2 aromatic carbocycles. The van der Waals surface area contributed by atoms with Crippen LogP contribution in [-0.4, -0.2) is 24.5 Å². The third-order valence-electron chi connectivity index (χ3n) is 6.35. The average Bonchev–Trinajstić information content (AvgIpc) is 3.19. The number of hydrogen-bond acceptors (Lipinski definition) is 3. The first-order chi connectivity index (χ1) is 14.1. The van der Waals surface area contributed by atoms with Gasteiger partial charge in [-0.2, -0.15) is 5.26 Å². The molecule has 0 aromatic heterocycles. The first-order valence-corrected chi connectivity index (χ1v) is 10.9. The minimum atomic E-state index is 0.0263. The van der Waals surface area contributed by atoms with Crippen LogP contribution in [0.2, 0.25) is 5.02 Å². The maximum absolute atomic E-state index is 12.5. The minimum Gasteiger partial charge on any atom is -0.368 e. The Morgan fingerprint density at radius 3 is 2.55 bits per heavy atom. The molecule has 0 spiro atoms. The number of aryl methyl sites for hydroxylation is 1. The highest BCUT2D eigenvalue weighted by atomic mass is 35.5. The van der Waals surface area contributed by atoms with Crippen LogP contribution < -0.4 is 10.2 Å². The summed E-state index contributed by atoms with van der Waals surface area (Å²) in [5.41, 5.74) is 4.83. The fraction of sp³-hybridized carbons (Fsp3) is 0.417. The minimum absolute atomic E-state index is 0.0263. The van der Waals surface area contributed by atoms with Gasteiger partial charge in [0.15, 0.2) is 0 Å². The van der Waals surface area contributed by atoms with Gasteiger partial charge < -0.3 is 10.2 Å². The number of hydrogen-bond donors (Lipinski definition) is 1. The van der Waals surface area contributed by atoms with Crippen LogP contribution >= 0.6 is 11.6 Å². The van der Waals surface area contributed by atoms with Crippen molar-refractivity contribution in [2.24, 2.45) is 0 Å². The van der Waals surface area contributed by atoms with Gasteiger partial charge in [-0.05, 0) is 73.9 Å². The molecule has 1 aliphatic heterocycles. The van der Waals surface area contributed by atoms with Crippen molar-refractivity contribution in [3.63, 3.8) is 0 Å². The molecule has 1 aliphatic carbocycles. The summed E-state index contributed by atoms with van der Waals surface area (Å²) in [7, 11) is 0. The van der Waals surface area contributed by atoms with Gasteiger partial charge in [-0.1, -0.05) is 30.7 Å². The molecule has 5 heteroatoms. The molecular weight excluding hydrogens is 382 g/mol. The lowest BCUT2D eigenvalue weighted by Gasteiger charge is -2.36. The molecule has 0 radical (unpaired) electrons. The van der Waals surface area contributed by atoms with Crippen molar-refractivity contribution >= 4 is 23.2 Å². The largest absolute Gasteiger partial charge is 0.368 e. The normalized spacial score (nSPS) is 20.8. The number of amides is 1. The molecule has 1 N–H and O–H groups in total. The van der Waals surface area contributed by atoms with Crippen LogP contribution in [0.5, 0.6) is 0 Å². The Morgan fingerprint density at radius 2 is 1.90 bits per heavy atom. The summed E-state index contributed by atoms with van der Waals surface area (Å²) in [4.78, 5) is 15.0. The van der Waals surface area contributed by atoms with Gasteiger partial charge >= 0.3 is 0 Å². The molecular formula is C24H26ClN3O. The number of anilines is 1. The molecule has 2 aromatic rings. The maximum atomic E-state index is 12.5. The van der Waals surface area contributed by atoms with E-state index in [-0.39, 0.29) is 11.9 Å². The zero-order valence-electron chi connectivity index (χ0n) is 16.7. The van der Waals surface area contributed by atoms with E-state index in [9.17, 15) is 10.1 Å². The van der Waals surface area contributed by atoms with E-state index in [1.807, 2.05) is 36.4 Å². The van der Waals surface area contributed by atoms with Crippen molar-refractivity contribution in [2.75, 3.05) is 11.4 Å². The summed E-state index contributed by atoms with van der Waals surface area (Å²) in [6, 6.07) is 14.6. The molecule has 2 aliphatic rings. The van der Waals surface area contributed by atoms with Crippen LogP contribution in [0.25, 0.3) is 0 Å². The van der Waals surface area contributed by atoms with Crippen molar-refractivity contribution in [1.82, 2.24) is 5.32 Å². The lowest BCUT2D eigenvalue weighted by Crippen LogP contribution is -2.43. The molecule has 0 atom stereocenters. The Morgan fingerprint density at radius 1 is 1.17 bits per heavy atom. The topological polar surface area (TPSA) is 56.1 Å². The number of nitriles is 1. The number of nitrogens with zero attached hydrogens (tertiary/aromatic N) is 2. The van der Waals surface area contributed by atoms with Gasteiger partial charge in [0.1, 0.15) is 6.07 Å². The Kier molecular flexibility index (Phi) is 5.78. The predicted octanol–water partition coefficient (Wildman–Crippen LogP) is 4.88. The van der Waals surface area contributed by atoms with E-state index in [1.165, 1.54) is 11.3 Å². The lowest BCUT2D eigenvalue weighted by atomic mass is 9.90. The molecule has 29 heavy (non-hydrogen) atoms. The fourth-order valence-electron chi connectivity index (χ4n) is 4.63. The van der Waals surface area contributed by atoms with E-state index in [1.54, 1.807) is 0 Å². The Bertz CT molecular complexity index is 940. The molecule has 1 fully saturated rings. The number of nitrogens with one attached hydrogen (secondary N) is 1. The Labute approximate surface area is 177 Å². The number of fused-ring (bicyclic) bond motifs is 1. The summed E-state index contributed by atoms with van der Waals surface area (Å²) in [5, 5.41) is 13.0. The number of rotatable bonds is 4. The molecule has 0 unspecified atom stereocenters. The van der Waals surface area contributed by atoms with Gasteiger partial charge in [-0.15, -0.1) is 0 Å². The quantitative estimate of drug-likeness (QED) is 0.785. The van der Waals surface area contributed by atoms with Gasteiger partial charge in [-0.25, -0.2) is 0 Å². The first-order valence-electron chi connectivity index (χ1n) is 10.5. The van der Waals surface area contributed by atoms with Gasteiger partial charge in [0, 0.05) is 29.9 Å². The van der Waals surface area contributed by atoms with Crippen molar-refractivity contribution < 1.29 is 4.79 Å². The first kappa shape index (κ1) is 19.8. The lowest BCUT2D eigenvalue weighted by molar-refractivity contribution is 0.0925. The second-order valence-electron chi connectivity index (χ2n) is 8.01. The Hall–Kier alpha value is -2.51. The maximum Gasteiger partial charge on any atom is 0.251 e. The summed E-state index contributed by atoms with van der Waals surface area (Å²) in [5.74, 6) is 0.0263. The van der Waals surface area contributed by atoms with Gasteiger partial charge in [0.25, 0.3) is 5.91 Å². The van der Waals surface area contributed by atoms with E-state index in [0.717, 1.165) is 56.2 Å². The van der Waals surface area contributed by atoms with E-state index >= 15 is 0 Å². The highest BCUT2D eigenvalue weighted by Gasteiger charge is 2.32. The van der Waals surface area contributed by atoms with E-state index in [2.05, 4.69) is 23.2 Å². The second kappa shape index (κ2) is 8.47. The summed E-state index contributed by atoms with van der Waals surface area (Å²) >= 11 is 6.42. The zero-order valence-corrected chi connectivity index (χ0v) is 17.5. The molecule has 1 saturated carbocycles. The van der Waals surface area contributed by atoms with Crippen LogP contribution in [0.1, 0.15) is 59.7 Å². The highest BCUT2D eigenvalue weighted by molar-refractivity contribution is 6.33. The molecule has 4 rings (SSSR count). The molecule has 1 heterocycles. The standard InChI is InChI=1S/C24H26ClN3O/c1-2-16-3-5-17(6-4-16)24(29)27-19-8-10-20(11-9-19)28-14-13-21-22(28)12-7-18(15-26)23(21)25/h3-7,12,19-20H,2,8-11,13-14H2,1H3,(H,27,29)/t19-,20-. The van der Waals surface area contributed by atoms with Crippen molar-refractivity contribution in [2.45, 2.75) is 57.5 Å². The van der Waals surface area contributed by atoms with Crippen LogP contribution in [0, 0.1) is 11.3 Å². The SMILES string of the molecule is CCc1ccc(C(=O)N[C@H]2CC[C@H](N3CCc4c3ccc(C#N)c4Cl)CC2)cc1. The Balaban J connectivity index is 1.35. The van der Waals surface area contributed by atoms with Crippen LogP contribution in [-0.2, 0) is 12.8 Å². The van der Waals surface area contributed by atoms with Gasteiger partial charge in [0.2, 0.25) is 0 Å². The number of benzene rings is 2. The van der Waals surface area contributed by atoms with Crippen LogP contribution in [0.4, 0.5) is 5.69 Å². The molecule has 150 valence electrons. The smallest absolute Gasteiger partial charge is 0.251 e. The molecule has 1 amide bonds. The average molecular weight is 408 g/mol. The summed E-state index contributed by atoms with van der Waals surface area (Å²) < 4.78 is 0. The van der Waals surface area contributed by atoms with Crippen LogP contribution in [0.3, 0.4) is 0 Å². The highest BCUT2D eigenvalue weighted by Crippen LogP contribution is 2.39. The van der Waals surface area contributed by atoms with E-state index in [0.29, 0.717) is 16.6 Å². The number of carbonyl (C=O) groups is 1. The molecule has 0 bridgehead atoms. The molecule has 0 saturated heterocycles.